The summed E-state index contributed by atoms with van der Waals surface area (Å²) in [5.74, 6) is 0.832. The van der Waals surface area contributed by atoms with Crippen LogP contribution in [0.2, 0.25) is 0 Å². The molecule has 52 heavy (non-hydrogen) atoms. The first-order valence-corrected chi connectivity index (χ1v) is 18.7. The fourth-order valence-electron chi connectivity index (χ4n) is 6.37. The van der Waals surface area contributed by atoms with Crippen molar-refractivity contribution < 1.29 is 39.0 Å². The van der Waals surface area contributed by atoms with E-state index in [0.29, 0.717) is 11.6 Å². The summed E-state index contributed by atoms with van der Waals surface area (Å²) in [6, 6.07) is 22.8. The molecule has 6 heteroatoms. The second-order valence-electron chi connectivity index (χ2n) is 16.0. The SMILES string of the molecule is CCC(C)(CC)C(=O)/C=C(\O)C(C)(CC)CC.[CH2-][n+]1ccc(-c2cc(CC(C)C)c3ccoc3n2)cc1-c1[c-]c2ccccc2c(C(C)(C)C)c1.[Ir]. The number of furan rings is 1. The van der Waals surface area contributed by atoms with Crippen LogP contribution >= 0.6 is 0 Å². The van der Waals surface area contributed by atoms with Gasteiger partial charge >= 0.3 is 0 Å². The molecule has 0 saturated heterocycles. The number of ketones is 1. The first-order chi connectivity index (χ1) is 24.0. The summed E-state index contributed by atoms with van der Waals surface area (Å²) in [7, 11) is 4.26. The Morgan fingerprint density at radius 2 is 1.56 bits per heavy atom. The number of aromatic nitrogens is 2. The average Bonchev–Trinajstić information content (AvgIpc) is 3.59. The van der Waals surface area contributed by atoms with Crippen LogP contribution in [0, 0.1) is 29.9 Å². The molecule has 0 unspecified atom stereocenters. The van der Waals surface area contributed by atoms with Crippen LogP contribution < -0.4 is 4.57 Å². The topological polar surface area (TPSA) is 67.2 Å². The van der Waals surface area contributed by atoms with Crippen molar-refractivity contribution in [3.05, 3.63) is 103 Å². The van der Waals surface area contributed by atoms with Gasteiger partial charge in [-0.15, -0.1) is 29.1 Å². The maximum Gasteiger partial charge on any atom is 0.226 e. The fourth-order valence-corrected chi connectivity index (χ4v) is 6.37. The van der Waals surface area contributed by atoms with Crippen molar-refractivity contribution in [3.8, 4) is 22.5 Å². The molecule has 3 heterocycles. The second-order valence-corrected chi connectivity index (χ2v) is 16.0. The van der Waals surface area contributed by atoms with Gasteiger partial charge in [0.25, 0.3) is 0 Å². The Balaban J connectivity index is 0.000000347. The molecule has 5 rings (SSSR count). The number of aliphatic hydroxyl groups excluding tert-OH is 1. The van der Waals surface area contributed by atoms with Gasteiger partial charge in [0.2, 0.25) is 5.71 Å². The number of hydrogen-bond donors (Lipinski definition) is 1. The monoisotopic (exact) mass is 880 g/mol. The number of aliphatic hydroxyl groups is 1. The van der Waals surface area contributed by atoms with Crippen LogP contribution in [0.15, 0.2) is 83.3 Å². The predicted octanol–water partition coefficient (Wildman–Crippen LogP) is 12.2. The van der Waals surface area contributed by atoms with E-state index in [1.54, 1.807) is 6.26 Å². The number of nitrogens with zero attached hydrogens (tertiary/aromatic N) is 2. The zero-order chi connectivity index (χ0) is 37.7. The molecule has 0 saturated carbocycles. The summed E-state index contributed by atoms with van der Waals surface area (Å²) < 4.78 is 7.62. The number of hydrogen-bond acceptors (Lipinski definition) is 4. The molecule has 0 fully saturated rings. The number of pyridine rings is 2. The van der Waals surface area contributed by atoms with Crippen molar-refractivity contribution in [2.75, 3.05) is 0 Å². The second kappa shape index (κ2) is 17.4. The zero-order valence-corrected chi connectivity index (χ0v) is 35.6. The van der Waals surface area contributed by atoms with E-state index in [2.05, 4.69) is 96.3 Å². The van der Waals surface area contributed by atoms with Crippen LogP contribution in [0.4, 0.5) is 0 Å². The Morgan fingerprint density at radius 1 is 0.923 bits per heavy atom. The quantitative estimate of drug-likeness (QED) is 0.0621. The van der Waals surface area contributed by atoms with Gasteiger partial charge in [-0.25, -0.2) is 4.98 Å². The summed E-state index contributed by atoms with van der Waals surface area (Å²) in [6.07, 6.45) is 9.46. The van der Waals surface area contributed by atoms with Gasteiger partial charge in [0.1, 0.15) is 11.5 Å². The Labute approximate surface area is 326 Å². The average molecular weight is 880 g/mol. The van der Waals surface area contributed by atoms with Crippen LogP contribution in [0.3, 0.4) is 0 Å². The summed E-state index contributed by atoms with van der Waals surface area (Å²) in [5.41, 5.74) is 6.64. The molecule has 0 aliphatic rings. The summed E-state index contributed by atoms with van der Waals surface area (Å²) in [5, 5.41) is 13.6. The van der Waals surface area contributed by atoms with Crippen LogP contribution in [-0.2, 0) is 36.7 Å². The third-order valence-electron chi connectivity index (χ3n) is 10.9. The van der Waals surface area contributed by atoms with Gasteiger partial charge < -0.3 is 14.1 Å². The van der Waals surface area contributed by atoms with Gasteiger partial charge in [0.05, 0.1) is 18.2 Å². The van der Waals surface area contributed by atoms with Crippen LogP contribution in [0.5, 0.6) is 0 Å². The molecule has 5 aromatic rings. The summed E-state index contributed by atoms with van der Waals surface area (Å²) >= 11 is 0. The van der Waals surface area contributed by atoms with E-state index in [4.69, 9.17) is 9.40 Å². The van der Waals surface area contributed by atoms with E-state index in [1.807, 2.05) is 58.4 Å². The minimum absolute atomic E-state index is 0. The van der Waals surface area contributed by atoms with Crippen molar-refractivity contribution in [1.82, 2.24) is 4.98 Å². The summed E-state index contributed by atoms with van der Waals surface area (Å²) in [6.45, 7) is 23.3. The van der Waals surface area contributed by atoms with E-state index in [-0.39, 0.29) is 47.9 Å². The van der Waals surface area contributed by atoms with Gasteiger partial charge in [0, 0.05) is 49.4 Å². The van der Waals surface area contributed by atoms with E-state index < -0.39 is 0 Å². The first kappa shape index (κ1) is 42.7. The fraction of sp³-hybridized carbons (Fsp3) is 0.435. The molecule has 0 spiro atoms. The minimum atomic E-state index is -0.337. The number of carbonyl (C=O) groups excluding carboxylic acids is 1. The van der Waals surface area contributed by atoms with E-state index in [0.717, 1.165) is 65.4 Å². The third kappa shape index (κ3) is 9.43. The van der Waals surface area contributed by atoms with Gasteiger partial charge in [-0.1, -0.05) is 105 Å². The van der Waals surface area contributed by atoms with Crippen molar-refractivity contribution in [2.45, 2.75) is 114 Å². The van der Waals surface area contributed by atoms with E-state index in [1.165, 1.54) is 22.6 Å². The molecular weight excluding hydrogens is 821 g/mol. The summed E-state index contributed by atoms with van der Waals surface area (Å²) in [4.78, 5) is 17.0. The molecule has 3 aromatic heterocycles. The van der Waals surface area contributed by atoms with Crippen LogP contribution in [-0.4, -0.2) is 15.9 Å². The molecule has 2 aromatic carbocycles. The molecule has 281 valence electrons. The van der Waals surface area contributed by atoms with Crippen molar-refractivity contribution in [3.63, 3.8) is 0 Å². The predicted molar refractivity (Wildman–Crippen MR) is 213 cm³/mol. The van der Waals surface area contributed by atoms with Crippen molar-refractivity contribution in [2.24, 2.45) is 16.7 Å². The Hall–Kier alpha value is -3.73. The van der Waals surface area contributed by atoms with E-state index in [9.17, 15) is 9.90 Å². The molecule has 1 N–H and O–H groups in total. The van der Waals surface area contributed by atoms with Gasteiger partial charge in [0.15, 0.2) is 5.78 Å². The number of benzene rings is 2. The minimum Gasteiger partial charge on any atom is -0.512 e. The molecule has 0 aliphatic heterocycles. The van der Waals surface area contributed by atoms with Crippen molar-refractivity contribution >= 4 is 27.7 Å². The maximum atomic E-state index is 12.2. The molecular formula is C46H59IrN2O3-. The largest absolute Gasteiger partial charge is 0.512 e. The van der Waals surface area contributed by atoms with Crippen LogP contribution in [0.1, 0.15) is 113 Å². The molecule has 5 nitrogen and oxygen atoms in total. The van der Waals surface area contributed by atoms with Gasteiger partial charge in [-0.2, -0.15) is 0 Å². The zero-order valence-electron chi connectivity index (χ0n) is 33.2. The maximum absolute atomic E-state index is 12.2. The third-order valence-corrected chi connectivity index (χ3v) is 10.9. The first-order valence-electron chi connectivity index (χ1n) is 18.7. The number of rotatable bonds is 11. The molecule has 1 radical (unpaired) electrons. The number of carbonyl (C=O) groups is 1. The smallest absolute Gasteiger partial charge is 0.226 e. The number of fused-ring (bicyclic) bond motifs is 2. The normalized spacial score (nSPS) is 12.5. The van der Waals surface area contributed by atoms with Crippen LogP contribution in [0.25, 0.3) is 44.4 Å². The molecule has 0 atom stereocenters. The molecule has 0 amide bonds. The molecule has 0 aliphatic carbocycles. The van der Waals surface area contributed by atoms with Gasteiger partial charge in [-0.05, 0) is 78.8 Å². The van der Waals surface area contributed by atoms with Crippen molar-refractivity contribution in [1.29, 1.82) is 0 Å². The Morgan fingerprint density at radius 3 is 2.15 bits per heavy atom. The molecule has 0 bridgehead atoms. The number of allylic oxidation sites excluding steroid dienone is 2. The van der Waals surface area contributed by atoms with Gasteiger partial charge in [-0.3, -0.25) is 4.79 Å². The standard InChI is InChI=1S/C31H31N2O.C15H28O2.Ir/c1-20(2)15-23-18-28(32-30-26(23)12-14-34-30)22-11-13-33(6)29(19-22)24-16-21-9-7-8-10-25(21)27(17-24)31(3,4)5;1-7-14(5,8-2)12(16)11-13(17)15(6,9-3)10-4;/h7-14,17-20H,6,15H2,1-5H3;11,16H,7-10H2,1-6H3;/q-1;;/b;12-11-;. The van der Waals surface area contributed by atoms with E-state index >= 15 is 0 Å². The Kier molecular flexibility index (Phi) is 14.3. The Bertz CT molecular complexity index is 2010.